The van der Waals surface area contributed by atoms with E-state index in [1.165, 1.54) is 26.1 Å². The summed E-state index contributed by atoms with van der Waals surface area (Å²) < 4.78 is 1.21. The lowest BCUT2D eigenvalue weighted by Crippen LogP contribution is -2.47. The van der Waals surface area contributed by atoms with Crippen molar-refractivity contribution in [2.24, 2.45) is 0 Å². The summed E-state index contributed by atoms with van der Waals surface area (Å²) in [6.45, 7) is 7.59. The maximum Gasteiger partial charge on any atom is 0.152 e. The standard InChI is InChI=1S/C23H25ClN2OS.2ClH/c1-17-21-13-19(24)7-8-22(21)28-23(17)14-20(27)16-26-11-9-25(10-12-26)15-18-5-3-2-4-6-18;;/h2-8,13H,9-12,14-16H2,1H3;2*1H. The summed E-state index contributed by atoms with van der Waals surface area (Å²) in [4.78, 5) is 18.6. The van der Waals surface area contributed by atoms with Gasteiger partial charge in [-0.2, -0.15) is 0 Å². The molecule has 0 unspecified atom stereocenters. The number of thiophene rings is 1. The number of halogens is 3. The molecular formula is C23H27Cl3N2OS. The van der Waals surface area contributed by atoms with Crippen LogP contribution in [0.1, 0.15) is 16.0 Å². The summed E-state index contributed by atoms with van der Waals surface area (Å²) in [7, 11) is 0. The van der Waals surface area contributed by atoms with E-state index in [1.54, 1.807) is 11.3 Å². The first-order valence-corrected chi connectivity index (χ1v) is 11.0. The molecule has 0 aliphatic carbocycles. The second-order valence-electron chi connectivity index (χ2n) is 7.54. The molecule has 1 saturated heterocycles. The number of hydrogen-bond donors (Lipinski definition) is 0. The number of fused-ring (bicyclic) bond motifs is 1. The molecule has 0 spiro atoms. The molecule has 162 valence electrons. The minimum Gasteiger partial charge on any atom is -0.298 e. The third-order valence-corrected chi connectivity index (χ3v) is 6.98. The Hall–Kier alpha value is -1.14. The highest BCUT2D eigenvalue weighted by molar-refractivity contribution is 7.19. The molecule has 0 radical (unpaired) electrons. The third kappa shape index (κ3) is 6.19. The number of ketones is 1. The van der Waals surface area contributed by atoms with E-state index in [-0.39, 0.29) is 24.8 Å². The van der Waals surface area contributed by atoms with Gasteiger partial charge >= 0.3 is 0 Å². The third-order valence-electron chi connectivity index (χ3n) is 5.47. The van der Waals surface area contributed by atoms with Crippen molar-refractivity contribution in [1.29, 1.82) is 0 Å². The molecule has 2 aromatic carbocycles. The van der Waals surface area contributed by atoms with Crippen molar-refractivity contribution in [2.45, 2.75) is 19.9 Å². The van der Waals surface area contributed by atoms with Gasteiger partial charge in [-0.05, 0) is 41.6 Å². The largest absolute Gasteiger partial charge is 0.298 e. The van der Waals surface area contributed by atoms with E-state index in [4.69, 9.17) is 11.6 Å². The predicted molar refractivity (Wildman–Crippen MR) is 133 cm³/mol. The summed E-state index contributed by atoms with van der Waals surface area (Å²) in [6.07, 6.45) is 0.521. The molecule has 1 aliphatic heterocycles. The van der Waals surface area contributed by atoms with Gasteiger partial charge < -0.3 is 0 Å². The van der Waals surface area contributed by atoms with Crippen LogP contribution in [0.5, 0.6) is 0 Å². The van der Waals surface area contributed by atoms with Crippen LogP contribution in [0, 0.1) is 6.92 Å². The van der Waals surface area contributed by atoms with Gasteiger partial charge in [0.15, 0.2) is 5.78 Å². The van der Waals surface area contributed by atoms with Crippen molar-refractivity contribution in [3.63, 3.8) is 0 Å². The van der Waals surface area contributed by atoms with Crippen molar-refractivity contribution in [3.05, 3.63) is 69.6 Å². The molecule has 0 N–H and O–H groups in total. The average Bonchev–Trinajstić information content (AvgIpc) is 2.99. The number of aryl methyl sites for hydroxylation is 1. The lowest BCUT2D eigenvalue weighted by molar-refractivity contribution is -0.120. The Bertz CT molecular complexity index is 969. The van der Waals surface area contributed by atoms with Crippen molar-refractivity contribution in [3.8, 4) is 0 Å². The van der Waals surface area contributed by atoms with E-state index < -0.39 is 0 Å². The molecule has 1 aromatic heterocycles. The number of hydrogen-bond acceptors (Lipinski definition) is 4. The van der Waals surface area contributed by atoms with E-state index in [9.17, 15) is 4.79 Å². The van der Waals surface area contributed by atoms with Gasteiger partial charge in [0.1, 0.15) is 0 Å². The van der Waals surface area contributed by atoms with E-state index in [2.05, 4.69) is 53.1 Å². The minimum atomic E-state index is 0. The average molecular weight is 486 g/mol. The lowest BCUT2D eigenvalue weighted by atomic mass is 10.1. The Labute approximate surface area is 199 Å². The van der Waals surface area contributed by atoms with Gasteiger partial charge in [0.25, 0.3) is 0 Å². The highest BCUT2D eigenvalue weighted by Crippen LogP contribution is 2.33. The molecule has 4 rings (SSSR count). The monoisotopic (exact) mass is 484 g/mol. The van der Waals surface area contributed by atoms with E-state index >= 15 is 0 Å². The quantitative estimate of drug-likeness (QED) is 0.452. The second-order valence-corrected chi connectivity index (χ2v) is 9.12. The number of carbonyl (C=O) groups excluding carboxylic acids is 1. The number of carbonyl (C=O) groups is 1. The van der Waals surface area contributed by atoms with Crippen LogP contribution < -0.4 is 0 Å². The fourth-order valence-electron chi connectivity index (χ4n) is 3.84. The molecule has 3 aromatic rings. The Kier molecular flexibility index (Phi) is 9.61. The molecule has 0 bridgehead atoms. The summed E-state index contributed by atoms with van der Waals surface area (Å²) in [5.74, 6) is 0.303. The maximum atomic E-state index is 12.7. The van der Waals surface area contributed by atoms with Crippen LogP contribution in [-0.2, 0) is 17.8 Å². The number of Topliss-reactive ketones (excluding diaryl/α,β-unsaturated/α-hetero) is 1. The molecule has 1 aliphatic rings. The SMILES string of the molecule is Cc1c(CC(=O)CN2CCN(Cc3ccccc3)CC2)sc2ccc(Cl)cc12.Cl.Cl. The Morgan fingerprint density at radius 2 is 1.67 bits per heavy atom. The molecule has 30 heavy (non-hydrogen) atoms. The highest BCUT2D eigenvalue weighted by atomic mass is 35.5. The van der Waals surface area contributed by atoms with Crippen molar-refractivity contribution in [2.75, 3.05) is 32.7 Å². The molecule has 0 atom stereocenters. The van der Waals surface area contributed by atoms with Crippen LogP contribution in [0.2, 0.25) is 5.02 Å². The second kappa shape index (κ2) is 11.5. The Balaban J connectivity index is 0.00000160. The molecule has 0 saturated carbocycles. The zero-order valence-electron chi connectivity index (χ0n) is 17.0. The van der Waals surface area contributed by atoms with Crippen molar-refractivity contribution >= 4 is 63.6 Å². The summed E-state index contributed by atoms with van der Waals surface area (Å²) >= 11 is 7.84. The van der Waals surface area contributed by atoms with Gasteiger partial charge in [0.2, 0.25) is 0 Å². The van der Waals surface area contributed by atoms with Crippen LogP contribution >= 0.6 is 47.8 Å². The molecule has 1 fully saturated rings. The van der Waals surface area contributed by atoms with Crippen LogP contribution in [0.15, 0.2) is 48.5 Å². The first kappa shape index (κ1) is 25.1. The van der Waals surface area contributed by atoms with Crippen molar-refractivity contribution < 1.29 is 4.79 Å². The van der Waals surface area contributed by atoms with E-state index in [0.29, 0.717) is 18.7 Å². The smallest absolute Gasteiger partial charge is 0.152 e. The Morgan fingerprint density at radius 3 is 2.37 bits per heavy atom. The van der Waals surface area contributed by atoms with Gasteiger partial charge in [-0.25, -0.2) is 0 Å². The molecule has 7 heteroatoms. The minimum absolute atomic E-state index is 0. The zero-order chi connectivity index (χ0) is 19.5. The first-order valence-electron chi connectivity index (χ1n) is 9.76. The summed E-state index contributed by atoms with van der Waals surface area (Å²) in [6, 6.07) is 16.6. The highest BCUT2D eigenvalue weighted by Gasteiger charge is 2.20. The fourth-order valence-corrected chi connectivity index (χ4v) is 5.24. The van der Waals surface area contributed by atoms with Gasteiger partial charge in [-0.3, -0.25) is 14.6 Å². The number of rotatable bonds is 6. The molecule has 2 heterocycles. The molecule has 0 amide bonds. The Morgan fingerprint density at radius 1 is 1.00 bits per heavy atom. The number of benzene rings is 2. The fraction of sp³-hybridized carbons (Fsp3) is 0.348. The molecular weight excluding hydrogens is 459 g/mol. The van der Waals surface area contributed by atoms with Gasteiger partial charge in [0, 0.05) is 53.7 Å². The van der Waals surface area contributed by atoms with Crippen LogP contribution in [0.25, 0.3) is 10.1 Å². The zero-order valence-corrected chi connectivity index (χ0v) is 20.2. The topological polar surface area (TPSA) is 23.6 Å². The van der Waals surface area contributed by atoms with Crippen LogP contribution in [-0.4, -0.2) is 48.3 Å². The summed E-state index contributed by atoms with van der Waals surface area (Å²) in [5, 5.41) is 1.93. The first-order chi connectivity index (χ1) is 13.6. The van der Waals surface area contributed by atoms with Gasteiger partial charge in [0.05, 0.1) is 6.54 Å². The van der Waals surface area contributed by atoms with E-state index in [0.717, 1.165) is 37.7 Å². The summed E-state index contributed by atoms with van der Waals surface area (Å²) in [5.41, 5.74) is 2.55. The molecule has 3 nitrogen and oxygen atoms in total. The predicted octanol–water partition coefficient (Wildman–Crippen LogP) is 5.64. The number of piperazine rings is 1. The van der Waals surface area contributed by atoms with E-state index in [1.807, 2.05) is 12.1 Å². The van der Waals surface area contributed by atoms with Gasteiger partial charge in [-0.1, -0.05) is 41.9 Å². The van der Waals surface area contributed by atoms with Crippen LogP contribution in [0.3, 0.4) is 0 Å². The maximum absolute atomic E-state index is 12.7. The number of nitrogens with zero attached hydrogens (tertiary/aromatic N) is 2. The normalized spacial score (nSPS) is 14.9. The van der Waals surface area contributed by atoms with Crippen LogP contribution in [0.4, 0.5) is 0 Å². The lowest BCUT2D eigenvalue weighted by Gasteiger charge is -2.34. The van der Waals surface area contributed by atoms with Crippen molar-refractivity contribution in [1.82, 2.24) is 9.80 Å². The van der Waals surface area contributed by atoms with Gasteiger partial charge in [-0.15, -0.1) is 36.2 Å².